The molecule has 0 aliphatic carbocycles. The topological polar surface area (TPSA) is 38.7 Å². The van der Waals surface area contributed by atoms with Crippen LogP contribution in [0.1, 0.15) is 5.56 Å². The molecular weight excluding hydrogens is 346 g/mol. The fourth-order valence-electron chi connectivity index (χ4n) is 2.38. The highest BCUT2D eigenvalue weighted by atomic mass is 32.2. The van der Waals surface area contributed by atoms with E-state index in [1.807, 2.05) is 42.5 Å². The lowest BCUT2D eigenvalue weighted by atomic mass is 10.2. The van der Waals surface area contributed by atoms with Crippen molar-refractivity contribution in [2.75, 3.05) is 0 Å². The van der Waals surface area contributed by atoms with Crippen LogP contribution in [0.15, 0.2) is 83.5 Å². The van der Waals surface area contributed by atoms with Gasteiger partial charge in [-0.25, -0.2) is 15.0 Å². The standard InChI is InChI=1S/C20H15N3S2/c1-3-7-15(8-4-1)13-25-20-21-12-11-17(23-20)18-14-24-19(22-18)16-9-5-2-6-10-16/h1-12,14H,13H2. The second-order valence-corrected chi connectivity index (χ2v) is 7.20. The van der Waals surface area contributed by atoms with Gasteiger partial charge in [0.1, 0.15) is 10.7 Å². The van der Waals surface area contributed by atoms with E-state index in [1.165, 1.54) is 5.56 Å². The smallest absolute Gasteiger partial charge is 0.188 e. The molecule has 3 nitrogen and oxygen atoms in total. The molecule has 0 saturated heterocycles. The van der Waals surface area contributed by atoms with E-state index in [2.05, 4.69) is 39.6 Å². The van der Waals surface area contributed by atoms with Crippen LogP contribution in [0.2, 0.25) is 0 Å². The third kappa shape index (κ3) is 3.95. The highest BCUT2D eigenvalue weighted by molar-refractivity contribution is 7.98. The van der Waals surface area contributed by atoms with Gasteiger partial charge in [0.05, 0.1) is 5.69 Å². The summed E-state index contributed by atoms with van der Waals surface area (Å²) >= 11 is 3.27. The molecule has 0 amide bonds. The van der Waals surface area contributed by atoms with E-state index in [0.29, 0.717) is 0 Å². The van der Waals surface area contributed by atoms with Crippen molar-refractivity contribution in [3.05, 3.63) is 83.9 Å². The minimum atomic E-state index is 0.774. The van der Waals surface area contributed by atoms with Crippen molar-refractivity contribution < 1.29 is 0 Å². The van der Waals surface area contributed by atoms with Gasteiger partial charge < -0.3 is 0 Å². The average Bonchev–Trinajstić information content (AvgIpc) is 3.18. The first-order chi connectivity index (χ1) is 12.4. The van der Waals surface area contributed by atoms with Gasteiger partial charge in [-0.05, 0) is 11.6 Å². The highest BCUT2D eigenvalue weighted by Gasteiger charge is 2.09. The molecule has 4 rings (SSSR count). The Morgan fingerprint density at radius 2 is 1.56 bits per heavy atom. The summed E-state index contributed by atoms with van der Waals surface area (Å²) in [6.07, 6.45) is 1.80. The summed E-state index contributed by atoms with van der Waals surface area (Å²) in [7, 11) is 0. The van der Waals surface area contributed by atoms with E-state index in [4.69, 9.17) is 4.98 Å². The summed E-state index contributed by atoms with van der Waals surface area (Å²) in [5.41, 5.74) is 4.16. The van der Waals surface area contributed by atoms with Crippen molar-refractivity contribution in [1.82, 2.24) is 15.0 Å². The molecular formula is C20H15N3S2. The number of hydrogen-bond donors (Lipinski definition) is 0. The summed E-state index contributed by atoms with van der Waals surface area (Å²) < 4.78 is 0. The van der Waals surface area contributed by atoms with Gasteiger partial charge in [0.2, 0.25) is 0 Å². The van der Waals surface area contributed by atoms with Gasteiger partial charge in [-0.1, -0.05) is 72.4 Å². The number of nitrogens with zero attached hydrogens (tertiary/aromatic N) is 3. The molecule has 0 aliphatic heterocycles. The molecule has 0 bridgehead atoms. The number of rotatable bonds is 5. The minimum Gasteiger partial charge on any atom is -0.234 e. The zero-order chi connectivity index (χ0) is 16.9. The molecule has 0 saturated carbocycles. The maximum Gasteiger partial charge on any atom is 0.188 e. The third-order valence-electron chi connectivity index (χ3n) is 3.63. The minimum absolute atomic E-state index is 0.774. The number of thiazole rings is 1. The van der Waals surface area contributed by atoms with Crippen LogP contribution in [-0.2, 0) is 5.75 Å². The maximum absolute atomic E-state index is 4.73. The SMILES string of the molecule is c1ccc(CSc2nccc(-c3csc(-c4ccccc4)n3)n2)cc1. The van der Waals surface area contributed by atoms with E-state index in [0.717, 1.165) is 32.9 Å². The van der Waals surface area contributed by atoms with Gasteiger partial charge >= 0.3 is 0 Å². The van der Waals surface area contributed by atoms with Crippen LogP contribution in [0.25, 0.3) is 22.0 Å². The van der Waals surface area contributed by atoms with Crippen LogP contribution in [0.3, 0.4) is 0 Å². The number of hydrogen-bond acceptors (Lipinski definition) is 5. The van der Waals surface area contributed by atoms with E-state index < -0.39 is 0 Å². The van der Waals surface area contributed by atoms with Gasteiger partial charge in [-0.15, -0.1) is 11.3 Å². The lowest BCUT2D eigenvalue weighted by Crippen LogP contribution is -1.91. The van der Waals surface area contributed by atoms with Crippen molar-refractivity contribution in [3.63, 3.8) is 0 Å². The molecule has 25 heavy (non-hydrogen) atoms. The van der Waals surface area contributed by atoms with Gasteiger partial charge in [-0.3, -0.25) is 0 Å². The molecule has 0 N–H and O–H groups in total. The Kier molecular flexibility index (Phi) is 4.86. The maximum atomic E-state index is 4.73. The molecule has 5 heteroatoms. The average molecular weight is 361 g/mol. The van der Waals surface area contributed by atoms with Crippen LogP contribution in [0.4, 0.5) is 0 Å². The Bertz CT molecular complexity index is 953. The fraction of sp³-hybridized carbons (Fsp3) is 0.0500. The van der Waals surface area contributed by atoms with Gasteiger partial charge in [-0.2, -0.15) is 0 Å². The fourth-order valence-corrected chi connectivity index (χ4v) is 3.99. The van der Waals surface area contributed by atoms with E-state index in [-0.39, 0.29) is 0 Å². The van der Waals surface area contributed by atoms with E-state index in [1.54, 1.807) is 29.3 Å². The predicted octanol–water partition coefficient (Wildman–Crippen LogP) is 5.56. The van der Waals surface area contributed by atoms with Crippen molar-refractivity contribution in [1.29, 1.82) is 0 Å². The molecule has 0 spiro atoms. The summed E-state index contributed by atoms with van der Waals surface area (Å²) in [6, 6.07) is 22.5. The molecule has 0 unspecified atom stereocenters. The quantitative estimate of drug-likeness (QED) is 0.345. The lowest BCUT2D eigenvalue weighted by molar-refractivity contribution is 0.969. The van der Waals surface area contributed by atoms with Crippen LogP contribution in [-0.4, -0.2) is 15.0 Å². The van der Waals surface area contributed by atoms with Crippen molar-refractivity contribution in [3.8, 4) is 22.0 Å². The normalized spacial score (nSPS) is 10.7. The van der Waals surface area contributed by atoms with Gasteiger partial charge in [0.25, 0.3) is 0 Å². The Balaban J connectivity index is 1.52. The monoisotopic (exact) mass is 361 g/mol. The number of thioether (sulfide) groups is 1. The largest absolute Gasteiger partial charge is 0.234 e. The van der Waals surface area contributed by atoms with Crippen LogP contribution in [0, 0.1) is 0 Å². The van der Waals surface area contributed by atoms with E-state index >= 15 is 0 Å². The Morgan fingerprint density at radius 1 is 0.800 bits per heavy atom. The van der Waals surface area contributed by atoms with E-state index in [9.17, 15) is 0 Å². The molecule has 0 aliphatic rings. The summed E-state index contributed by atoms with van der Waals surface area (Å²) in [5, 5.41) is 3.83. The Morgan fingerprint density at radius 3 is 2.36 bits per heavy atom. The summed E-state index contributed by atoms with van der Waals surface area (Å²) in [6.45, 7) is 0. The van der Waals surface area contributed by atoms with Gasteiger partial charge in [0.15, 0.2) is 5.16 Å². The molecule has 122 valence electrons. The zero-order valence-corrected chi connectivity index (χ0v) is 15.0. The van der Waals surface area contributed by atoms with Crippen molar-refractivity contribution in [2.24, 2.45) is 0 Å². The second kappa shape index (κ2) is 7.59. The first kappa shape index (κ1) is 16.0. The van der Waals surface area contributed by atoms with Gasteiger partial charge in [0, 0.05) is 22.9 Å². The molecule has 2 aromatic carbocycles. The molecule has 2 heterocycles. The zero-order valence-electron chi connectivity index (χ0n) is 13.4. The molecule has 0 radical (unpaired) electrons. The highest BCUT2D eigenvalue weighted by Crippen LogP contribution is 2.28. The Hall–Kier alpha value is -2.50. The number of benzene rings is 2. The van der Waals surface area contributed by atoms with Crippen LogP contribution in [0.5, 0.6) is 0 Å². The predicted molar refractivity (Wildman–Crippen MR) is 105 cm³/mol. The molecule has 0 fully saturated rings. The Labute approximate surface area is 154 Å². The summed E-state index contributed by atoms with van der Waals surface area (Å²) in [4.78, 5) is 13.8. The molecule has 2 aromatic heterocycles. The molecule has 4 aromatic rings. The third-order valence-corrected chi connectivity index (χ3v) is 5.46. The lowest BCUT2D eigenvalue weighted by Gasteiger charge is -2.02. The second-order valence-electron chi connectivity index (χ2n) is 5.40. The van der Waals surface area contributed by atoms with Crippen molar-refractivity contribution in [2.45, 2.75) is 10.9 Å². The van der Waals surface area contributed by atoms with Crippen molar-refractivity contribution >= 4 is 23.1 Å². The molecule has 0 atom stereocenters. The summed E-state index contributed by atoms with van der Waals surface area (Å²) in [5.74, 6) is 0.858. The first-order valence-electron chi connectivity index (χ1n) is 7.89. The number of aromatic nitrogens is 3. The first-order valence-corrected chi connectivity index (χ1v) is 9.76. The van der Waals surface area contributed by atoms with Crippen LogP contribution < -0.4 is 0 Å². The van der Waals surface area contributed by atoms with Crippen LogP contribution >= 0.6 is 23.1 Å².